The molecule has 0 atom stereocenters. The van der Waals surface area contributed by atoms with E-state index in [1.54, 1.807) is 0 Å². The lowest BCUT2D eigenvalue weighted by Crippen LogP contribution is -2.18. The number of aryl methyl sites for hydroxylation is 2. The molecule has 0 aliphatic carbocycles. The van der Waals surface area contributed by atoms with Gasteiger partial charge in [-0.2, -0.15) is 0 Å². The zero-order valence-electron chi connectivity index (χ0n) is 17.7. The maximum atomic E-state index is 13.3. The maximum Gasteiger partial charge on any atom is 0.272 e. The van der Waals surface area contributed by atoms with Gasteiger partial charge in [-0.1, -0.05) is 31.5 Å². The van der Waals surface area contributed by atoms with Crippen molar-refractivity contribution < 1.29 is 14.3 Å². The van der Waals surface area contributed by atoms with Crippen LogP contribution in [0.2, 0.25) is 0 Å². The summed E-state index contributed by atoms with van der Waals surface area (Å²) in [6.07, 6.45) is 2.10. The Morgan fingerprint density at radius 3 is 2.45 bits per heavy atom. The number of anilines is 1. The molecule has 0 radical (unpaired) electrons. The lowest BCUT2D eigenvalue weighted by Gasteiger charge is -2.14. The molecule has 0 bridgehead atoms. The van der Waals surface area contributed by atoms with Crippen molar-refractivity contribution in [2.24, 2.45) is 0 Å². The Hall–Kier alpha value is -2.95. The molecule has 0 fully saturated rings. The van der Waals surface area contributed by atoms with E-state index in [9.17, 15) is 4.79 Å². The smallest absolute Gasteiger partial charge is 0.272 e. The fraction of sp³-hybridized carbons (Fsp3) is 0.375. The SMILES string of the molecule is CCCCn1c(C(=O)Nc2ccc(OCC)c(OCC)c2)c(C)c2ccccc21. The van der Waals surface area contributed by atoms with Gasteiger partial charge in [-0.25, -0.2) is 0 Å². The Labute approximate surface area is 172 Å². The molecule has 1 N–H and O–H groups in total. The molecule has 5 heteroatoms. The Morgan fingerprint density at radius 1 is 1.00 bits per heavy atom. The second-order valence-electron chi connectivity index (χ2n) is 6.98. The summed E-state index contributed by atoms with van der Waals surface area (Å²) in [6, 6.07) is 13.7. The van der Waals surface area contributed by atoms with Crippen LogP contribution in [-0.4, -0.2) is 23.7 Å². The van der Waals surface area contributed by atoms with Crippen LogP contribution >= 0.6 is 0 Å². The summed E-state index contributed by atoms with van der Waals surface area (Å²) in [4.78, 5) is 13.3. The van der Waals surface area contributed by atoms with Crippen LogP contribution in [0.15, 0.2) is 42.5 Å². The van der Waals surface area contributed by atoms with Gasteiger partial charge in [-0.05, 0) is 51.0 Å². The van der Waals surface area contributed by atoms with Crippen molar-refractivity contribution in [2.75, 3.05) is 18.5 Å². The summed E-state index contributed by atoms with van der Waals surface area (Å²) < 4.78 is 13.4. The molecule has 0 saturated carbocycles. The Bertz CT molecular complexity index is 991. The molecule has 5 nitrogen and oxygen atoms in total. The molecule has 0 aliphatic heterocycles. The van der Waals surface area contributed by atoms with Crippen molar-refractivity contribution in [3.8, 4) is 11.5 Å². The molecule has 1 amide bonds. The number of para-hydroxylation sites is 1. The van der Waals surface area contributed by atoms with Gasteiger partial charge in [0.2, 0.25) is 0 Å². The number of ether oxygens (including phenoxy) is 2. The average Bonchev–Trinajstić information content (AvgIpc) is 3.01. The second-order valence-corrected chi connectivity index (χ2v) is 6.98. The van der Waals surface area contributed by atoms with Gasteiger partial charge < -0.3 is 19.4 Å². The number of fused-ring (bicyclic) bond motifs is 1. The van der Waals surface area contributed by atoms with Crippen molar-refractivity contribution in [2.45, 2.75) is 47.1 Å². The number of rotatable bonds is 9. The first-order valence-corrected chi connectivity index (χ1v) is 10.4. The van der Waals surface area contributed by atoms with Crippen LogP contribution in [0.4, 0.5) is 5.69 Å². The Kier molecular flexibility index (Phi) is 6.81. The molecular weight excluding hydrogens is 364 g/mol. The van der Waals surface area contributed by atoms with E-state index >= 15 is 0 Å². The minimum absolute atomic E-state index is 0.110. The molecule has 1 heterocycles. The van der Waals surface area contributed by atoms with E-state index in [-0.39, 0.29) is 5.91 Å². The van der Waals surface area contributed by atoms with Crippen molar-refractivity contribution in [1.29, 1.82) is 0 Å². The molecule has 3 rings (SSSR count). The summed E-state index contributed by atoms with van der Waals surface area (Å²) in [5.41, 5.74) is 3.51. The second kappa shape index (κ2) is 9.50. The first kappa shape index (κ1) is 20.8. The fourth-order valence-corrected chi connectivity index (χ4v) is 3.64. The number of aromatic nitrogens is 1. The van der Waals surface area contributed by atoms with E-state index in [1.165, 1.54) is 0 Å². The third kappa shape index (κ3) is 4.39. The van der Waals surface area contributed by atoms with Gasteiger partial charge in [0.25, 0.3) is 5.91 Å². The van der Waals surface area contributed by atoms with Crippen LogP contribution < -0.4 is 14.8 Å². The number of amides is 1. The monoisotopic (exact) mass is 394 g/mol. The van der Waals surface area contributed by atoms with Crippen LogP contribution in [0, 0.1) is 6.92 Å². The van der Waals surface area contributed by atoms with Crippen LogP contribution in [0.3, 0.4) is 0 Å². The van der Waals surface area contributed by atoms with Crippen molar-refractivity contribution in [3.05, 3.63) is 53.7 Å². The number of carbonyl (C=O) groups excluding carboxylic acids is 1. The van der Waals surface area contributed by atoms with Crippen LogP contribution in [0.25, 0.3) is 10.9 Å². The highest BCUT2D eigenvalue weighted by Gasteiger charge is 2.20. The zero-order valence-corrected chi connectivity index (χ0v) is 17.7. The highest BCUT2D eigenvalue weighted by atomic mass is 16.5. The highest BCUT2D eigenvalue weighted by molar-refractivity contribution is 6.08. The van der Waals surface area contributed by atoms with Crippen LogP contribution in [-0.2, 0) is 6.54 Å². The average molecular weight is 395 g/mol. The van der Waals surface area contributed by atoms with Gasteiger partial charge in [0.1, 0.15) is 5.69 Å². The first-order chi connectivity index (χ1) is 14.1. The minimum Gasteiger partial charge on any atom is -0.490 e. The normalized spacial score (nSPS) is 10.9. The minimum atomic E-state index is -0.110. The first-order valence-electron chi connectivity index (χ1n) is 10.4. The van der Waals surface area contributed by atoms with Gasteiger partial charge in [-0.3, -0.25) is 4.79 Å². The highest BCUT2D eigenvalue weighted by Crippen LogP contribution is 2.32. The molecule has 0 aliphatic rings. The van der Waals surface area contributed by atoms with E-state index in [0.717, 1.165) is 35.9 Å². The molecule has 1 aromatic heterocycles. The molecule has 154 valence electrons. The van der Waals surface area contributed by atoms with E-state index in [4.69, 9.17) is 9.47 Å². The summed E-state index contributed by atoms with van der Waals surface area (Å²) >= 11 is 0. The molecule has 0 unspecified atom stereocenters. The number of benzene rings is 2. The van der Waals surface area contributed by atoms with Gasteiger partial charge >= 0.3 is 0 Å². The van der Waals surface area contributed by atoms with Crippen LogP contribution in [0.1, 0.15) is 49.7 Å². The van der Waals surface area contributed by atoms with Gasteiger partial charge in [0.15, 0.2) is 11.5 Å². The lowest BCUT2D eigenvalue weighted by molar-refractivity contribution is 0.101. The van der Waals surface area contributed by atoms with E-state index in [2.05, 4.69) is 28.9 Å². The van der Waals surface area contributed by atoms with Crippen molar-refractivity contribution >= 4 is 22.5 Å². The number of nitrogens with one attached hydrogen (secondary N) is 1. The predicted molar refractivity (Wildman–Crippen MR) is 118 cm³/mol. The predicted octanol–water partition coefficient (Wildman–Crippen LogP) is 5.80. The molecule has 2 aromatic carbocycles. The quantitative estimate of drug-likeness (QED) is 0.499. The summed E-state index contributed by atoms with van der Waals surface area (Å²) in [6.45, 7) is 9.95. The van der Waals surface area contributed by atoms with E-state index < -0.39 is 0 Å². The number of hydrogen-bond donors (Lipinski definition) is 1. The Morgan fingerprint density at radius 2 is 1.72 bits per heavy atom. The lowest BCUT2D eigenvalue weighted by atomic mass is 10.1. The number of hydrogen-bond acceptors (Lipinski definition) is 3. The Balaban J connectivity index is 1.95. The summed E-state index contributed by atoms with van der Waals surface area (Å²) in [7, 11) is 0. The third-order valence-corrected chi connectivity index (χ3v) is 4.98. The standard InChI is InChI=1S/C24H30N2O3/c1-5-8-15-26-20-12-10-9-11-19(20)17(4)23(26)24(27)25-18-13-14-21(28-6-2)22(16-18)29-7-3/h9-14,16H,5-8,15H2,1-4H3,(H,25,27). The van der Waals surface area contributed by atoms with Crippen molar-refractivity contribution in [1.82, 2.24) is 4.57 Å². The van der Waals surface area contributed by atoms with Gasteiger partial charge in [0.05, 0.1) is 13.2 Å². The number of unbranched alkanes of at least 4 members (excludes halogenated alkanes) is 1. The maximum absolute atomic E-state index is 13.3. The topological polar surface area (TPSA) is 52.5 Å². The molecule has 29 heavy (non-hydrogen) atoms. The van der Waals surface area contributed by atoms with Gasteiger partial charge in [-0.15, -0.1) is 0 Å². The fourth-order valence-electron chi connectivity index (χ4n) is 3.64. The number of carbonyl (C=O) groups is 1. The molecular formula is C24H30N2O3. The summed E-state index contributed by atoms with van der Waals surface area (Å²) in [5.74, 6) is 1.21. The zero-order chi connectivity index (χ0) is 20.8. The largest absolute Gasteiger partial charge is 0.490 e. The van der Waals surface area contributed by atoms with E-state index in [0.29, 0.717) is 36.1 Å². The van der Waals surface area contributed by atoms with E-state index in [1.807, 2.05) is 51.1 Å². The van der Waals surface area contributed by atoms with Crippen LogP contribution in [0.5, 0.6) is 11.5 Å². The third-order valence-electron chi connectivity index (χ3n) is 4.98. The molecule has 0 saturated heterocycles. The summed E-state index contributed by atoms with van der Waals surface area (Å²) in [5, 5.41) is 4.17. The number of nitrogens with zero attached hydrogens (tertiary/aromatic N) is 1. The van der Waals surface area contributed by atoms with Crippen molar-refractivity contribution in [3.63, 3.8) is 0 Å². The molecule has 3 aromatic rings. The molecule has 0 spiro atoms. The van der Waals surface area contributed by atoms with Gasteiger partial charge in [0, 0.05) is 29.2 Å².